The molecule has 0 spiro atoms. The summed E-state index contributed by atoms with van der Waals surface area (Å²) < 4.78 is 15.1. The van der Waals surface area contributed by atoms with E-state index in [-0.39, 0.29) is 23.0 Å². The zero-order chi connectivity index (χ0) is 20.5. The minimum atomic E-state index is -0.452. The van der Waals surface area contributed by atoms with Gasteiger partial charge >= 0.3 is 6.03 Å². The molecule has 2 aromatic carbocycles. The van der Waals surface area contributed by atoms with Crippen LogP contribution in [-0.2, 0) is 0 Å². The van der Waals surface area contributed by atoms with Gasteiger partial charge in [0, 0.05) is 24.8 Å². The normalized spacial score (nSPS) is 14.9. The van der Waals surface area contributed by atoms with Crippen LogP contribution in [0.5, 0.6) is 0 Å². The molecule has 1 aliphatic heterocycles. The molecule has 7 heteroatoms. The van der Waals surface area contributed by atoms with Crippen LogP contribution in [0, 0.1) is 19.7 Å². The van der Waals surface area contributed by atoms with Gasteiger partial charge in [0.1, 0.15) is 5.82 Å². The summed E-state index contributed by atoms with van der Waals surface area (Å²) in [4.78, 5) is 31.4. The topological polar surface area (TPSA) is 67.2 Å². The number of carbonyl (C=O) groups is 1. The van der Waals surface area contributed by atoms with E-state index in [0.717, 1.165) is 11.3 Å². The number of amides is 2. The summed E-state index contributed by atoms with van der Waals surface area (Å²) in [5, 5.41) is 3.22. The number of rotatable bonds is 2. The van der Waals surface area contributed by atoms with Crippen LogP contribution >= 0.6 is 0 Å². The second-order valence-corrected chi connectivity index (χ2v) is 7.57. The Hall–Kier alpha value is -3.22. The number of benzene rings is 2. The van der Waals surface area contributed by atoms with Crippen LogP contribution in [0.25, 0.3) is 10.9 Å². The predicted octanol–water partition coefficient (Wildman–Crippen LogP) is 4.02. The van der Waals surface area contributed by atoms with Gasteiger partial charge in [-0.2, -0.15) is 0 Å². The van der Waals surface area contributed by atoms with Gasteiger partial charge in [0.2, 0.25) is 0 Å². The van der Waals surface area contributed by atoms with E-state index < -0.39 is 5.82 Å². The summed E-state index contributed by atoms with van der Waals surface area (Å²) in [6.45, 7) is 5.12. The van der Waals surface area contributed by atoms with E-state index in [2.05, 4.69) is 10.3 Å². The highest BCUT2D eigenvalue weighted by molar-refractivity contribution is 5.89. The largest absolute Gasteiger partial charge is 0.324 e. The van der Waals surface area contributed by atoms with Gasteiger partial charge in [0.05, 0.1) is 17.2 Å². The molecule has 0 atom stereocenters. The Morgan fingerprint density at radius 3 is 2.59 bits per heavy atom. The Kier molecular flexibility index (Phi) is 5.05. The molecule has 1 saturated heterocycles. The quantitative estimate of drug-likeness (QED) is 0.714. The second kappa shape index (κ2) is 7.66. The van der Waals surface area contributed by atoms with Crippen molar-refractivity contribution in [3.63, 3.8) is 0 Å². The number of likely N-dealkylation sites (tertiary alicyclic amines) is 1. The van der Waals surface area contributed by atoms with Crippen molar-refractivity contribution in [1.82, 2.24) is 14.5 Å². The minimum absolute atomic E-state index is 0.0617. The van der Waals surface area contributed by atoms with Gasteiger partial charge in [-0.25, -0.2) is 14.2 Å². The van der Waals surface area contributed by atoms with Gasteiger partial charge < -0.3 is 10.2 Å². The Balaban J connectivity index is 1.44. The fourth-order valence-electron chi connectivity index (χ4n) is 3.74. The first kappa shape index (κ1) is 19.1. The third kappa shape index (κ3) is 3.85. The lowest BCUT2D eigenvalue weighted by molar-refractivity contribution is 0.182. The van der Waals surface area contributed by atoms with Crippen LogP contribution in [0.3, 0.4) is 0 Å². The highest BCUT2D eigenvalue weighted by Gasteiger charge is 2.25. The summed E-state index contributed by atoms with van der Waals surface area (Å²) >= 11 is 0. The number of nitrogens with one attached hydrogen (secondary N) is 1. The van der Waals surface area contributed by atoms with E-state index in [0.29, 0.717) is 31.4 Å². The number of piperidine rings is 1. The number of hydrogen-bond acceptors (Lipinski definition) is 3. The van der Waals surface area contributed by atoms with Crippen molar-refractivity contribution in [2.45, 2.75) is 32.7 Å². The SMILES string of the molecule is Cc1ccc(NC(=O)N2CCC(n3cnc4ccc(F)cc4c3=O)CC2)cc1C. The lowest BCUT2D eigenvalue weighted by Crippen LogP contribution is -2.42. The molecule has 150 valence electrons. The van der Waals surface area contributed by atoms with Gasteiger partial charge in [-0.15, -0.1) is 0 Å². The molecule has 1 fully saturated rings. The second-order valence-electron chi connectivity index (χ2n) is 7.57. The number of anilines is 1. The molecule has 0 unspecified atom stereocenters. The van der Waals surface area contributed by atoms with Crippen molar-refractivity contribution in [2.24, 2.45) is 0 Å². The molecule has 1 N–H and O–H groups in total. The number of carbonyl (C=O) groups excluding carboxylic acids is 1. The van der Waals surface area contributed by atoms with Crippen molar-refractivity contribution < 1.29 is 9.18 Å². The van der Waals surface area contributed by atoms with Crippen molar-refractivity contribution in [3.05, 3.63) is 70.0 Å². The Morgan fingerprint density at radius 2 is 1.86 bits per heavy atom. The number of hydrogen-bond donors (Lipinski definition) is 1. The molecule has 2 heterocycles. The highest BCUT2D eigenvalue weighted by Crippen LogP contribution is 2.23. The number of nitrogens with zero attached hydrogens (tertiary/aromatic N) is 3. The summed E-state index contributed by atoms with van der Waals surface area (Å²) in [7, 11) is 0. The molecule has 3 aromatic rings. The van der Waals surface area contributed by atoms with Gasteiger partial charge in [-0.3, -0.25) is 9.36 Å². The molecule has 0 aliphatic carbocycles. The average Bonchev–Trinajstić information content (AvgIpc) is 2.72. The average molecular weight is 394 g/mol. The Labute approximate surface area is 168 Å². The standard InChI is InChI=1S/C22H23FN4O2/c1-14-3-5-17(11-15(14)2)25-22(29)26-9-7-18(8-10-26)27-13-24-20-6-4-16(23)12-19(20)21(27)28/h3-6,11-13,18H,7-10H2,1-2H3,(H,25,29). The summed E-state index contributed by atoms with van der Waals surface area (Å²) in [5.74, 6) is -0.452. The fourth-order valence-corrected chi connectivity index (χ4v) is 3.74. The number of halogens is 1. The molecular formula is C22H23FN4O2. The van der Waals surface area contributed by atoms with Crippen molar-refractivity contribution in [2.75, 3.05) is 18.4 Å². The molecule has 0 radical (unpaired) electrons. The zero-order valence-electron chi connectivity index (χ0n) is 16.5. The van der Waals surface area contributed by atoms with E-state index in [1.165, 1.54) is 30.1 Å². The van der Waals surface area contributed by atoms with Gasteiger partial charge in [-0.1, -0.05) is 6.07 Å². The van der Waals surface area contributed by atoms with Crippen LogP contribution in [0.1, 0.15) is 30.0 Å². The molecular weight excluding hydrogens is 371 g/mol. The van der Waals surface area contributed by atoms with Crippen LogP contribution in [0.4, 0.5) is 14.9 Å². The summed E-state index contributed by atoms with van der Waals surface area (Å²) in [5.41, 5.74) is 3.32. The first-order valence-electron chi connectivity index (χ1n) is 9.72. The van der Waals surface area contributed by atoms with E-state index in [4.69, 9.17) is 0 Å². The van der Waals surface area contributed by atoms with E-state index in [9.17, 15) is 14.0 Å². The van der Waals surface area contributed by atoms with Gasteiger partial charge in [-0.05, 0) is 68.1 Å². The number of aryl methyl sites for hydroxylation is 2. The van der Waals surface area contributed by atoms with Crippen LogP contribution in [-0.4, -0.2) is 33.6 Å². The zero-order valence-corrected chi connectivity index (χ0v) is 16.5. The molecule has 1 aliphatic rings. The molecule has 29 heavy (non-hydrogen) atoms. The molecule has 4 rings (SSSR count). The number of fused-ring (bicyclic) bond motifs is 1. The summed E-state index contributed by atoms with van der Waals surface area (Å²) in [6.07, 6.45) is 2.81. The monoisotopic (exact) mass is 394 g/mol. The van der Waals surface area contributed by atoms with Crippen molar-refractivity contribution in [3.8, 4) is 0 Å². The summed E-state index contributed by atoms with van der Waals surface area (Å²) in [6, 6.07) is 9.67. The maximum Gasteiger partial charge on any atom is 0.321 e. The van der Waals surface area contributed by atoms with Crippen LogP contribution in [0.2, 0.25) is 0 Å². The fraction of sp³-hybridized carbons (Fsp3) is 0.318. The Morgan fingerprint density at radius 1 is 1.10 bits per heavy atom. The third-order valence-electron chi connectivity index (χ3n) is 5.65. The predicted molar refractivity (Wildman–Crippen MR) is 111 cm³/mol. The highest BCUT2D eigenvalue weighted by atomic mass is 19.1. The number of urea groups is 1. The number of aromatic nitrogens is 2. The van der Waals surface area contributed by atoms with Gasteiger partial charge in [0.15, 0.2) is 0 Å². The van der Waals surface area contributed by atoms with Crippen molar-refractivity contribution in [1.29, 1.82) is 0 Å². The first-order chi connectivity index (χ1) is 13.9. The van der Waals surface area contributed by atoms with Gasteiger partial charge in [0.25, 0.3) is 5.56 Å². The smallest absolute Gasteiger partial charge is 0.321 e. The molecule has 0 bridgehead atoms. The first-order valence-corrected chi connectivity index (χ1v) is 9.72. The molecule has 1 aromatic heterocycles. The Bertz CT molecular complexity index is 1130. The molecule has 2 amide bonds. The minimum Gasteiger partial charge on any atom is -0.324 e. The van der Waals surface area contributed by atoms with E-state index in [1.54, 1.807) is 9.47 Å². The van der Waals surface area contributed by atoms with Crippen LogP contribution < -0.4 is 10.9 Å². The van der Waals surface area contributed by atoms with Crippen molar-refractivity contribution >= 4 is 22.6 Å². The molecule has 6 nitrogen and oxygen atoms in total. The lowest BCUT2D eigenvalue weighted by Gasteiger charge is -2.32. The van der Waals surface area contributed by atoms with Crippen LogP contribution in [0.15, 0.2) is 47.5 Å². The maximum absolute atomic E-state index is 13.5. The van der Waals surface area contributed by atoms with E-state index in [1.807, 2.05) is 32.0 Å². The molecule has 0 saturated carbocycles. The lowest BCUT2D eigenvalue weighted by atomic mass is 10.0. The third-order valence-corrected chi connectivity index (χ3v) is 5.65. The van der Waals surface area contributed by atoms with E-state index >= 15 is 0 Å². The maximum atomic E-state index is 13.5.